The van der Waals surface area contributed by atoms with E-state index in [0.717, 1.165) is 5.69 Å². The lowest BCUT2D eigenvalue weighted by atomic mass is 10.0. The van der Waals surface area contributed by atoms with E-state index in [1.807, 2.05) is 13.8 Å². The summed E-state index contributed by atoms with van der Waals surface area (Å²) >= 11 is 3.35. The van der Waals surface area contributed by atoms with Crippen LogP contribution in [0, 0.1) is 0 Å². The van der Waals surface area contributed by atoms with Crippen LogP contribution in [0.5, 0.6) is 0 Å². The summed E-state index contributed by atoms with van der Waals surface area (Å²) < 4.78 is 14.6. The van der Waals surface area contributed by atoms with Crippen molar-refractivity contribution in [3.63, 3.8) is 0 Å². The maximum atomic E-state index is 8.13. The Balaban J connectivity index is 2.55. The minimum Gasteiger partial charge on any atom is -0.354 e. The Hall–Kier alpha value is -0.610. The Morgan fingerprint density at radius 3 is 2.69 bits per heavy atom. The lowest BCUT2D eigenvalue weighted by Crippen LogP contribution is -2.49. The number of hydrogen-bond donors (Lipinski definition) is 0. The van der Waals surface area contributed by atoms with Gasteiger partial charge in [0, 0.05) is 10.7 Å². The van der Waals surface area contributed by atoms with Crippen LogP contribution in [0.1, 0.15) is 29.1 Å². The van der Waals surface area contributed by atoms with Crippen molar-refractivity contribution in [1.82, 2.24) is 4.98 Å². The van der Waals surface area contributed by atoms with E-state index < -0.39 is 5.72 Å². The fourth-order valence-electron chi connectivity index (χ4n) is 2.30. The van der Waals surface area contributed by atoms with Gasteiger partial charge in [0.2, 0.25) is 0 Å². The molecule has 0 bridgehead atoms. The van der Waals surface area contributed by atoms with Gasteiger partial charge >= 0.3 is 0 Å². The van der Waals surface area contributed by atoms with Gasteiger partial charge in [-0.2, -0.15) is 0 Å². The van der Waals surface area contributed by atoms with Crippen LogP contribution in [0.25, 0.3) is 0 Å². The number of anilines is 1. The third-order valence-electron chi connectivity index (χ3n) is 2.80. The highest BCUT2D eigenvalue weighted by Crippen LogP contribution is 2.39. The number of aromatic nitrogens is 1. The zero-order valence-corrected chi connectivity index (χ0v) is 11.6. The third kappa shape index (κ3) is 1.96. The second kappa shape index (κ2) is 3.70. The average Bonchev–Trinajstić information content (AvgIpc) is 2.42. The van der Waals surface area contributed by atoms with Gasteiger partial charge in [-0.15, -0.1) is 0 Å². The molecule has 0 amide bonds. The second-order valence-corrected chi connectivity index (χ2v) is 6.00. The molecule has 1 aromatic rings. The van der Waals surface area contributed by atoms with Gasteiger partial charge in [0.25, 0.3) is 0 Å². The van der Waals surface area contributed by atoms with Crippen molar-refractivity contribution in [2.45, 2.75) is 39.0 Å². The van der Waals surface area contributed by atoms with Crippen LogP contribution >= 0.6 is 15.9 Å². The van der Waals surface area contributed by atoms with E-state index in [0.29, 0.717) is 17.1 Å². The summed E-state index contributed by atoms with van der Waals surface area (Å²) in [4.78, 5) is 6.28. The lowest BCUT2D eigenvalue weighted by Gasteiger charge is -2.39. The van der Waals surface area contributed by atoms with E-state index in [1.165, 1.54) is 0 Å². The molecule has 1 aliphatic rings. The fourth-order valence-corrected chi connectivity index (χ4v) is 2.62. The maximum Gasteiger partial charge on any atom is 0.136 e. The molecule has 1 saturated heterocycles. The Labute approximate surface area is 106 Å². The van der Waals surface area contributed by atoms with Crippen LogP contribution in [0.15, 0.2) is 22.9 Å². The summed E-state index contributed by atoms with van der Waals surface area (Å²) in [5, 5.41) is 0. The topological polar surface area (TPSA) is 25.4 Å². The van der Waals surface area contributed by atoms with Crippen molar-refractivity contribution in [3.8, 4) is 0 Å². The minimum atomic E-state index is -0.415. The van der Waals surface area contributed by atoms with Gasteiger partial charge in [0.05, 0.1) is 25.4 Å². The molecule has 16 heavy (non-hydrogen) atoms. The first kappa shape index (κ1) is 10.5. The number of rotatable bonds is 1. The van der Waals surface area contributed by atoms with Crippen molar-refractivity contribution in [3.05, 3.63) is 22.9 Å². The molecule has 0 aromatic carbocycles. The molecular formula is C12H17BrN2O. The summed E-state index contributed by atoms with van der Waals surface area (Å²) in [6.07, 6.45) is 3.37. The van der Waals surface area contributed by atoms with Crippen LogP contribution in [0.2, 0.25) is 0 Å². The van der Waals surface area contributed by atoms with Crippen LogP contribution in [-0.4, -0.2) is 22.9 Å². The van der Waals surface area contributed by atoms with Crippen molar-refractivity contribution >= 4 is 21.6 Å². The fraction of sp³-hybridized carbons (Fsp3) is 0.583. The van der Waals surface area contributed by atoms with Gasteiger partial charge in [-0.05, 0) is 49.7 Å². The number of halogens is 1. The molecule has 4 heteroatoms. The largest absolute Gasteiger partial charge is 0.354 e. The van der Waals surface area contributed by atoms with Crippen LogP contribution in [0.4, 0.5) is 5.69 Å². The summed E-state index contributed by atoms with van der Waals surface area (Å²) in [5.41, 5.74) is 0.246. The molecule has 88 valence electrons. The summed E-state index contributed by atoms with van der Waals surface area (Å²) in [6, 6.07) is 0.451. The zero-order valence-electron chi connectivity index (χ0n) is 11.0. The highest BCUT2D eigenvalue weighted by atomic mass is 79.9. The number of pyridine rings is 1. The van der Waals surface area contributed by atoms with E-state index in [1.54, 1.807) is 12.4 Å². The van der Waals surface area contributed by atoms with Gasteiger partial charge in [-0.1, -0.05) is 0 Å². The summed E-state index contributed by atoms with van der Waals surface area (Å²) in [7, 11) is 0. The minimum absolute atomic E-state index is 0.137. The molecule has 2 rings (SSSR count). The monoisotopic (exact) mass is 285 g/mol. The quantitative estimate of drug-likeness (QED) is 0.792. The number of hydrogen-bond acceptors (Lipinski definition) is 3. The predicted molar refractivity (Wildman–Crippen MR) is 68.5 cm³/mol. The van der Waals surface area contributed by atoms with Gasteiger partial charge in [0.15, 0.2) is 0 Å². The number of ether oxygens (including phenoxy) is 1. The Morgan fingerprint density at radius 2 is 2.12 bits per heavy atom. The molecule has 0 saturated carbocycles. The molecule has 1 fully saturated rings. The highest BCUT2D eigenvalue weighted by molar-refractivity contribution is 9.10. The first-order valence-corrected chi connectivity index (χ1v) is 6.09. The van der Waals surface area contributed by atoms with Crippen molar-refractivity contribution in [2.75, 3.05) is 11.5 Å². The van der Waals surface area contributed by atoms with Crippen LogP contribution in [-0.2, 0) is 4.74 Å². The summed E-state index contributed by atoms with van der Waals surface area (Å²) in [5.74, 6) is 0. The molecule has 1 aromatic heterocycles. The average molecular weight is 286 g/mol. The SMILES string of the molecule is [2H]c1c(Br)cncc1N1C(C)(C)COC1(C)C. The predicted octanol–water partition coefficient (Wildman–Crippen LogP) is 3.20. The van der Waals surface area contributed by atoms with E-state index in [-0.39, 0.29) is 5.54 Å². The molecule has 0 aliphatic carbocycles. The molecule has 1 aliphatic heterocycles. The third-order valence-corrected chi connectivity index (χ3v) is 3.20. The Morgan fingerprint density at radius 1 is 1.44 bits per heavy atom. The standard InChI is InChI=1S/C12H17BrN2O/c1-11(2)8-16-12(3,4)15(11)10-5-9(13)6-14-7-10/h5-7H,8H2,1-4H3/i5D. The van der Waals surface area contributed by atoms with E-state index in [9.17, 15) is 0 Å². The van der Waals surface area contributed by atoms with Crippen LogP contribution < -0.4 is 4.90 Å². The zero-order chi connectivity index (χ0) is 12.8. The summed E-state index contributed by atoms with van der Waals surface area (Å²) in [6.45, 7) is 8.90. The van der Waals surface area contributed by atoms with Crippen molar-refractivity contribution in [2.24, 2.45) is 0 Å². The first-order chi connectivity index (χ1) is 7.76. The van der Waals surface area contributed by atoms with E-state index in [2.05, 4.69) is 39.7 Å². The van der Waals surface area contributed by atoms with Gasteiger partial charge in [0.1, 0.15) is 5.72 Å². The lowest BCUT2D eigenvalue weighted by molar-refractivity contribution is 0.0358. The molecule has 0 N–H and O–H groups in total. The van der Waals surface area contributed by atoms with Gasteiger partial charge in [-0.25, -0.2) is 0 Å². The van der Waals surface area contributed by atoms with Crippen LogP contribution in [0.3, 0.4) is 0 Å². The van der Waals surface area contributed by atoms with E-state index >= 15 is 0 Å². The van der Waals surface area contributed by atoms with Crippen molar-refractivity contribution < 1.29 is 6.11 Å². The molecule has 0 radical (unpaired) electrons. The molecular weight excluding hydrogens is 268 g/mol. The Kier molecular flexibility index (Phi) is 2.44. The van der Waals surface area contributed by atoms with E-state index in [4.69, 9.17) is 6.11 Å². The second-order valence-electron chi connectivity index (χ2n) is 5.15. The van der Waals surface area contributed by atoms with Gasteiger partial charge < -0.3 is 9.64 Å². The highest BCUT2D eigenvalue weighted by Gasteiger charge is 2.45. The van der Waals surface area contributed by atoms with Crippen molar-refractivity contribution in [1.29, 1.82) is 0 Å². The normalized spacial score (nSPS) is 23.3. The van der Waals surface area contributed by atoms with Gasteiger partial charge in [-0.3, -0.25) is 4.98 Å². The Bertz CT molecular complexity index is 432. The first-order valence-electron chi connectivity index (χ1n) is 5.80. The number of nitrogens with zero attached hydrogens (tertiary/aromatic N) is 2. The maximum absolute atomic E-state index is 8.13. The molecule has 2 heterocycles. The molecule has 0 unspecified atom stereocenters. The molecule has 3 nitrogen and oxygen atoms in total. The molecule has 0 atom stereocenters. The smallest absolute Gasteiger partial charge is 0.136 e. The molecule has 0 spiro atoms.